The summed E-state index contributed by atoms with van der Waals surface area (Å²) in [5.74, 6) is 0.252. The van der Waals surface area contributed by atoms with Crippen LogP contribution < -0.4 is 0 Å². The minimum atomic E-state index is -0.932. The number of hydrogen-bond donors (Lipinski definition) is 0. The Kier molecular flexibility index (Phi) is 4.71. The van der Waals surface area contributed by atoms with Crippen LogP contribution in [0.4, 0.5) is 4.39 Å². The zero-order valence-electron chi connectivity index (χ0n) is 8.28. The summed E-state index contributed by atoms with van der Waals surface area (Å²) in [6.45, 7) is 7.93. The Labute approximate surface area is 70.2 Å². The molecule has 0 aliphatic carbocycles. The van der Waals surface area contributed by atoms with Gasteiger partial charge in [-0.2, -0.15) is 0 Å². The average Bonchev–Trinajstić information content (AvgIpc) is 1.89. The molecule has 68 valence electrons. The van der Waals surface area contributed by atoms with Crippen LogP contribution >= 0.6 is 0 Å². The molecule has 0 aromatic rings. The zero-order valence-corrected chi connectivity index (χ0v) is 8.28. The van der Waals surface area contributed by atoms with E-state index in [1.807, 2.05) is 6.92 Å². The van der Waals surface area contributed by atoms with E-state index in [-0.39, 0.29) is 5.92 Å². The molecule has 0 aliphatic heterocycles. The molecule has 0 N–H and O–H groups in total. The predicted octanol–water partition coefficient (Wildman–Crippen LogP) is 3.95. The average molecular weight is 160 g/mol. The predicted molar refractivity (Wildman–Crippen MR) is 48.5 cm³/mol. The quantitative estimate of drug-likeness (QED) is 0.571. The summed E-state index contributed by atoms with van der Waals surface area (Å²) >= 11 is 0. The van der Waals surface area contributed by atoms with Gasteiger partial charge in [0.2, 0.25) is 0 Å². The van der Waals surface area contributed by atoms with E-state index >= 15 is 0 Å². The fourth-order valence-corrected chi connectivity index (χ4v) is 1.83. The van der Waals surface area contributed by atoms with Crippen molar-refractivity contribution in [2.75, 3.05) is 0 Å². The third-order valence-corrected chi connectivity index (χ3v) is 2.58. The monoisotopic (exact) mass is 160 g/mol. The molecule has 1 heteroatoms. The molecule has 0 rings (SSSR count). The Morgan fingerprint density at radius 2 is 1.64 bits per heavy atom. The second-order valence-electron chi connectivity index (χ2n) is 3.54. The van der Waals surface area contributed by atoms with Crippen LogP contribution in [0.2, 0.25) is 0 Å². The van der Waals surface area contributed by atoms with Gasteiger partial charge in [-0.15, -0.1) is 0 Å². The van der Waals surface area contributed by atoms with Crippen LogP contribution in [-0.4, -0.2) is 5.67 Å². The van der Waals surface area contributed by atoms with Crippen molar-refractivity contribution < 1.29 is 4.39 Å². The second-order valence-corrected chi connectivity index (χ2v) is 3.54. The Morgan fingerprint density at radius 1 is 1.18 bits per heavy atom. The molecule has 0 fully saturated rings. The van der Waals surface area contributed by atoms with E-state index in [9.17, 15) is 4.39 Å². The van der Waals surface area contributed by atoms with Crippen molar-refractivity contribution in [2.45, 2.75) is 59.0 Å². The largest absolute Gasteiger partial charge is 0.244 e. The topological polar surface area (TPSA) is 0 Å². The van der Waals surface area contributed by atoms with E-state index in [0.29, 0.717) is 6.42 Å². The number of alkyl halides is 1. The second kappa shape index (κ2) is 4.74. The van der Waals surface area contributed by atoms with Gasteiger partial charge in [0.05, 0.1) is 0 Å². The molecule has 0 saturated heterocycles. The minimum Gasteiger partial charge on any atom is -0.244 e. The SMILES string of the molecule is CCC[C@](C)(F)C(CC)CC. The fraction of sp³-hybridized carbons (Fsp3) is 1.00. The highest BCUT2D eigenvalue weighted by Gasteiger charge is 2.30. The summed E-state index contributed by atoms with van der Waals surface area (Å²) in [6, 6.07) is 0. The minimum absolute atomic E-state index is 0.252. The molecule has 0 amide bonds. The van der Waals surface area contributed by atoms with Gasteiger partial charge < -0.3 is 0 Å². The highest BCUT2D eigenvalue weighted by atomic mass is 19.1. The molecule has 0 unspecified atom stereocenters. The van der Waals surface area contributed by atoms with E-state index in [1.54, 1.807) is 6.92 Å². The normalized spacial score (nSPS) is 16.9. The standard InChI is InChI=1S/C10H21F/c1-5-8-10(4,11)9(6-2)7-3/h9H,5-8H2,1-4H3/t10-/m0/s1. The first-order valence-corrected chi connectivity index (χ1v) is 4.77. The molecule has 0 saturated carbocycles. The van der Waals surface area contributed by atoms with Gasteiger partial charge in [0, 0.05) is 0 Å². The molecular weight excluding hydrogens is 139 g/mol. The van der Waals surface area contributed by atoms with Gasteiger partial charge >= 0.3 is 0 Å². The summed E-state index contributed by atoms with van der Waals surface area (Å²) < 4.78 is 13.8. The van der Waals surface area contributed by atoms with Crippen LogP contribution in [0.5, 0.6) is 0 Å². The molecule has 0 bridgehead atoms. The maximum Gasteiger partial charge on any atom is 0.111 e. The first-order valence-electron chi connectivity index (χ1n) is 4.77. The lowest BCUT2D eigenvalue weighted by molar-refractivity contribution is 0.0844. The van der Waals surface area contributed by atoms with Gasteiger partial charge in [-0.05, 0) is 19.3 Å². The van der Waals surface area contributed by atoms with Gasteiger partial charge in [-0.1, -0.05) is 40.0 Å². The van der Waals surface area contributed by atoms with Crippen molar-refractivity contribution >= 4 is 0 Å². The first kappa shape index (κ1) is 10.9. The molecule has 0 aromatic heterocycles. The van der Waals surface area contributed by atoms with Crippen LogP contribution in [-0.2, 0) is 0 Å². The Bertz CT molecular complexity index is 93.0. The molecule has 0 spiro atoms. The molecular formula is C10H21F. The lowest BCUT2D eigenvalue weighted by atomic mass is 9.83. The summed E-state index contributed by atoms with van der Waals surface area (Å²) in [7, 11) is 0. The van der Waals surface area contributed by atoms with E-state index in [2.05, 4.69) is 13.8 Å². The van der Waals surface area contributed by atoms with Crippen LogP contribution in [0.25, 0.3) is 0 Å². The summed E-state index contributed by atoms with van der Waals surface area (Å²) in [5.41, 5.74) is -0.932. The van der Waals surface area contributed by atoms with Crippen molar-refractivity contribution in [1.29, 1.82) is 0 Å². The summed E-state index contributed by atoms with van der Waals surface area (Å²) in [6.07, 6.45) is 3.58. The lowest BCUT2D eigenvalue weighted by Crippen LogP contribution is -2.28. The first-order chi connectivity index (χ1) is 5.08. The maximum atomic E-state index is 13.8. The number of halogens is 1. The smallest absolute Gasteiger partial charge is 0.111 e. The Hall–Kier alpha value is -0.0700. The fourth-order valence-electron chi connectivity index (χ4n) is 1.83. The number of hydrogen-bond acceptors (Lipinski definition) is 0. The molecule has 0 heterocycles. The van der Waals surface area contributed by atoms with Gasteiger partial charge in [0.1, 0.15) is 5.67 Å². The van der Waals surface area contributed by atoms with Gasteiger partial charge in [-0.3, -0.25) is 0 Å². The summed E-state index contributed by atoms with van der Waals surface area (Å²) in [4.78, 5) is 0. The third kappa shape index (κ3) is 3.22. The van der Waals surface area contributed by atoms with Crippen LogP contribution in [0.1, 0.15) is 53.4 Å². The van der Waals surface area contributed by atoms with Gasteiger partial charge in [0.25, 0.3) is 0 Å². The molecule has 0 nitrogen and oxygen atoms in total. The Balaban J connectivity index is 4.00. The van der Waals surface area contributed by atoms with Crippen molar-refractivity contribution in [3.05, 3.63) is 0 Å². The van der Waals surface area contributed by atoms with Crippen molar-refractivity contribution in [3.63, 3.8) is 0 Å². The van der Waals surface area contributed by atoms with Gasteiger partial charge in [0.15, 0.2) is 0 Å². The van der Waals surface area contributed by atoms with E-state index in [1.165, 1.54) is 0 Å². The highest BCUT2D eigenvalue weighted by molar-refractivity contribution is 4.80. The molecule has 0 aliphatic rings. The van der Waals surface area contributed by atoms with Crippen molar-refractivity contribution in [1.82, 2.24) is 0 Å². The molecule has 11 heavy (non-hydrogen) atoms. The zero-order chi connectivity index (χ0) is 8.91. The van der Waals surface area contributed by atoms with Crippen molar-refractivity contribution in [3.8, 4) is 0 Å². The molecule has 0 aromatic carbocycles. The van der Waals surface area contributed by atoms with E-state index < -0.39 is 5.67 Å². The van der Waals surface area contributed by atoms with Gasteiger partial charge in [-0.25, -0.2) is 4.39 Å². The van der Waals surface area contributed by atoms with Crippen LogP contribution in [0.3, 0.4) is 0 Å². The highest BCUT2D eigenvalue weighted by Crippen LogP contribution is 2.31. The summed E-state index contributed by atoms with van der Waals surface area (Å²) in [5, 5.41) is 0. The van der Waals surface area contributed by atoms with Crippen molar-refractivity contribution in [2.24, 2.45) is 5.92 Å². The molecule has 0 radical (unpaired) electrons. The lowest BCUT2D eigenvalue weighted by Gasteiger charge is -2.28. The van der Waals surface area contributed by atoms with Crippen LogP contribution in [0, 0.1) is 5.92 Å². The number of rotatable bonds is 5. The maximum absolute atomic E-state index is 13.8. The van der Waals surface area contributed by atoms with Crippen LogP contribution in [0.15, 0.2) is 0 Å². The van der Waals surface area contributed by atoms with E-state index in [4.69, 9.17) is 0 Å². The third-order valence-electron chi connectivity index (χ3n) is 2.58. The molecule has 1 atom stereocenters. The van der Waals surface area contributed by atoms with E-state index in [0.717, 1.165) is 19.3 Å². The Morgan fingerprint density at radius 3 is 1.91 bits per heavy atom.